The fourth-order valence-electron chi connectivity index (χ4n) is 3.73. The molecular weight excluding hydrogens is 435 g/mol. The zero-order chi connectivity index (χ0) is 22.2. The molecule has 1 atom stereocenters. The zero-order valence-corrected chi connectivity index (χ0v) is 19.2. The van der Waals surface area contributed by atoms with Gasteiger partial charge < -0.3 is 10.2 Å². The summed E-state index contributed by atoms with van der Waals surface area (Å²) in [4.78, 5) is 27.5. The number of rotatable bonds is 9. The van der Waals surface area contributed by atoms with Crippen molar-refractivity contribution in [3.63, 3.8) is 0 Å². The minimum atomic E-state index is -0.626. The lowest BCUT2D eigenvalue weighted by Crippen LogP contribution is -2.50. The summed E-state index contributed by atoms with van der Waals surface area (Å²) in [7, 11) is 0. The number of amides is 2. The summed E-state index contributed by atoms with van der Waals surface area (Å²) in [6.45, 7) is 2.00. The first-order valence-electron chi connectivity index (χ1n) is 10.6. The summed E-state index contributed by atoms with van der Waals surface area (Å²) in [5.74, 6) is -0.0534. The molecule has 1 saturated carbocycles. The molecular formula is C24H28ClFN2O2S. The number of nitrogens with zero attached hydrogens (tertiary/aromatic N) is 1. The molecule has 2 aromatic carbocycles. The Kier molecular flexibility index (Phi) is 8.79. The predicted octanol–water partition coefficient (Wildman–Crippen LogP) is 5.19. The second-order valence-corrected chi connectivity index (χ2v) is 9.26. The highest BCUT2D eigenvalue weighted by atomic mass is 35.5. The quantitative estimate of drug-likeness (QED) is 0.558. The van der Waals surface area contributed by atoms with E-state index in [1.54, 1.807) is 36.1 Å². The van der Waals surface area contributed by atoms with Gasteiger partial charge in [-0.15, -0.1) is 11.8 Å². The summed E-state index contributed by atoms with van der Waals surface area (Å²) >= 11 is 7.65. The first-order valence-corrected chi connectivity index (χ1v) is 12.1. The van der Waals surface area contributed by atoms with Gasteiger partial charge >= 0.3 is 0 Å². The SMILES string of the molecule is CC(C(=O)NC1CCCC1)N(Cc1ccccc1Cl)C(=O)CSCc1ccccc1F. The third kappa shape index (κ3) is 6.71. The smallest absolute Gasteiger partial charge is 0.242 e. The Hall–Kier alpha value is -2.05. The fraction of sp³-hybridized carbons (Fsp3) is 0.417. The van der Waals surface area contributed by atoms with E-state index >= 15 is 0 Å². The number of halogens is 2. The van der Waals surface area contributed by atoms with E-state index in [1.807, 2.05) is 18.2 Å². The van der Waals surface area contributed by atoms with Crippen molar-refractivity contribution in [2.45, 2.75) is 57.0 Å². The normalized spacial score (nSPS) is 14.9. The average molecular weight is 463 g/mol. The van der Waals surface area contributed by atoms with E-state index in [9.17, 15) is 14.0 Å². The average Bonchev–Trinajstić information content (AvgIpc) is 3.27. The lowest BCUT2D eigenvalue weighted by molar-refractivity contribution is -0.138. The molecule has 0 aromatic heterocycles. The van der Waals surface area contributed by atoms with Crippen LogP contribution in [0.5, 0.6) is 0 Å². The van der Waals surface area contributed by atoms with Gasteiger partial charge in [-0.25, -0.2) is 4.39 Å². The highest BCUT2D eigenvalue weighted by Crippen LogP contribution is 2.22. The third-order valence-corrected chi connectivity index (χ3v) is 6.94. The number of hydrogen-bond acceptors (Lipinski definition) is 3. The number of hydrogen-bond donors (Lipinski definition) is 1. The molecule has 2 amide bonds. The van der Waals surface area contributed by atoms with E-state index < -0.39 is 6.04 Å². The van der Waals surface area contributed by atoms with Gasteiger partial charge in [-0.2, -0.15) is 0 Å². The molecule has 0 radical (unpaired) electrons. The summed E-state index contributed by atoms with van der Waals surface area (Å²) in [5, 5.41) is 3.64. The van der Waals surface area contributed by atoms with E-state index in [4.69, 9.17) is 11.6 Å². The molecule has 7 heteroatoms. The fourth-order valence-corrected chi connectivity index (χ4v) is 4.82. The number of carbonyl (C=O) groups is 2. The molecule has 0 saturated heterocycles. The van der Waals surface area contributed by atoms with E-state index in [0.29, 0.717) is 16.3 Å². The Morgan fingerprint density at radius 2 is 1.77 bits per heavy atom. The molecule has 31 heavy (non-hydrogen) atoms. The standard InChI is InChI=1S/C24H28ClFN2O2S/c1-17(24(30)27-20-10-4-5-11-20)28(14-18-8-2-6-12-21(18)25)23(29)16-31-15-19-9-3-7-13-22(19)26/h2-3,6-9,12-13,17,20H,4-5,10-11,14-16H2,1H3,(H,27,30). The molecule has 0 spiro atoms. The van der Waals surface area contributed by atoms with Crippen molar-refractivity contribution in [3.05, 3.63) is 70.5 Å². The highest BCUT2D eigenvalue weighted by molar-refractivity contribution is 7.99. The molecule has 4 nitrogen and oxygen atoms in total. The molecule has 2 aromatic rings. The third-order valence-electron chi connectivity index (χ3n) is 5.61. The van der Waals surface area contributed by atoms with Crippen molar-refractivity contribution in [3.8, 4) is 0 Å². The lowest BCUT2D eigenvalue weighted by Gasteiger charge is -2.30. The van der Waals surface area contributed by atoms with Crippen molar-refractivity contribution in [2.24, 2.45) is 0 Å². The van der Waals surface area contributed by atoms with Crippen LogP contribution in [0.15, 0.2) is 48.5 Å². The Morgan fingerprint density at radius 3 is 2.45 bits per heavy atom. The van der Waals surface area contributed by atoms with Crippen LogP contribution in [0, 0.1) is 5.82 Å². The number of benzene rings is 2. The number of nitrogens with one attached hydrogen (secondary N) is 1. The van der Waals surface area contributed by atoms with Gasteiger partial charge in [0, 0.05) is 23.4 Å². The minimum absolute atomic E-state index is 0.147. The molecule has 1 aliphatic rings. The first-order chi connectivity index (χ1) is 15.0. The Balaban J connectivity index is 1.67. The summed E-state index contributed by atoms with van der Waals surface area (Å²) in [6.07, 6.45) is 4.20. The van der Waals surface area contributed by atoms with Crippen molar-refractivity contribution >= 4 is 35.2 Å². The van der Waals surface area contributed by atoms with Crippen molar-refractivity contribution in [1.29, 1.82) is 0 Å². The topological polar surface area (TPSA) is 49.4 Å². The van der Waals surface area contributed by atoms with Crippen LogP contribution in [0.2, 0.25) is 5.02 Å². The van der Waals surface area contributed by atoms with E-state index in [1.165, 1.54) is 17.8 Å². The van der Waals surface area contributed by atoms with Gasteiger partial charge in [-0.3, -0.25) is 9.59 Å². The lowest BCUT2D eigenvalue weighted by atomic mass is 10.1. The molecule has 0 aliphatic heterocycles. The monoisotopic (exact) mass is 462 g/mol. The van der Waals surface area contributed by atoms with Crippen molar-refractivity contribution in [1.82, 2.24) is 10.2 Å². The summed E-state index contributed by atoms with van der Waals surface area (Å²) in [5.41, 5.74) is 1.35. The molecule has 3 rings (SSSR count). The van der Waals surface area contributed by atoms with Crippen LogP contribution < -0.4 is 5.32 Å². The van der Waals surface area contributed by atoms with Crippen molar-refractivity contribution in [2.75, 3.05) is 5.75 Å². The van der Waals surface area contributed by atoms with Crippen LogP contribution in [0.25, 0.3) is 0 Å². The number of thioether (sulfide) groups is 1. The van der Waals surface area contributed by atoms with Gasteiger partial charge in [0.25, 0.3) is 0 Å². The second kappa shape index (κ2) is 11.5. The van der Waals surface area contributed by atoms with E-state index in [0.717, 1.165) is 31.2 Å². The van der Waals surface area contributed by atoms with Crippen LogP contribution in [0.4, 0.5) is 4.39 Å². The second-order valence-electron chi connectivity index (χ2n) is 7.86. The molecule has 1 N–H and O–H groups in total. The molecule has 1 aliphatic carbocycles. The summed E-state index contributed by atoms with van der Waals surface area (Å²) < 4.78 is 13.9. The molecule has 1 unspecified atom stereocenters. The van der Waals surface area contributed by atoms with Gasteiger partial charge in [-0.1, -0.05) is 60.8 Å². The van der Waals surface area contributed by atoms with Crippen LogP contribution >= 0.6 is 23.4 Å². The summed E-state index contributed by atoms with van der Waals surface area (Å²) in [6, 6.07) is 13.4. The van der Waals surface area contributed by atoms with Crippen LogP contribution in [0.1, 0.15) is 43.7 Å². The van der Waals surface area contributed by atoms with Crippen LogP contribution in [0.3, 0.4) is 0 Å². The Bertz CT molecular complexity index is 905. The zero-order valence-electron chi connectivity index (χ0n) is 17.7. The highest BCUT2D eigenvalue weighted by Gasteiger charge is 2.28. The number of carbonyl (C=O) groups excluding carboxylic acids is 2. The molecule has 0 bridgehead atoms. The molecule has 1 fully saturated rings. The predicted molar refractivity (Wildman–Crippen MR) is 124 cm³/mol. The van der Waals surface area contributed by atoms with Gasteiger partial charge in [0.05, 0.1) is 5.75 Å². The first kappa shape index (κ1) is 23.6. The Labute approximate surface area is 192 Å². The largest absolute Gasteiger partial charge is 0.352 e. The van der Waals surface area contributed by atoms with Gasteiger partial charge in [0.2, 0.25) is 11.8 Å². The maximum atomic E-state index is 13.9. The maximum Gasteiger partial charge on any atom is 0.242 e. The maximum absolute atomic E-state index is 13.9. The van der Waals surface area contributed by atoms with E-state index in [-0.39, 0.29) is 36.0 Å². The van der Waals surface area contributed by atoms with E-state index in [2.05, 4.69) is 5.32 Å². The van der Waals surface area contributed by atoms with Gasteiger partial charge in [0.15, 0.2) is 0 Å². The minimum Gasteiger partial charge on any atom is -0.352 e. The molecule has 0 heterocycles. The van der Waals surface area contributed by atoms with Gasteiger partial charge in [0.1, 0.15) is 11.9 Å². The van der Waals surface area contributed by atoms with Gasteiger partial charge in [-0.05, 0) is 43.0 Å². The molecule has 166 valence electrons. The Morgan fingerprint density at radius 1 is 1.13 bits per heavy atom. The van der Waals surface area contributed by atoms with Crippen LogP contribution in [-0.4, -0.2) is 34.6 Å². The van der Waals surface area contributed by atoms with Crippen molar-refractivity contribution < 1.29 is 14.0 Å². The van der Waals surface area contributed by atoms with Crippen LogP contribution in [-0.2, 0) is 21.9 Å².